The van der Waals surface area contributed by atoms with Crippen LogP contribution in [0.2, 0.25) is 0 Å². The summed E-state index contributed by atoms with van der Waals surface area (Å²) in [7, 11) is 0. The number of nitrogens with zero attached hydrogens (tertiary/aromatic N) is 1. The van der Waals surface area contributed by atoms with Crippen LogP contribution in [0, 0.1) is 0 Å². The number of rotatable bonds is 2. The monoisotopic (exact) mass is 425 g/mol. The molecule has 0 N–H and O–H groups in total. The van der Waals surface area contributed by atoms with E-state index in [4.69, 9.17) is 0 Å². The van der Waals surface area contributed by atoms with Gasteiger partial charge in [-0.2, -0.15) is 26.3 Å². The molecule has 0 amide bonds. The second-order valence-corrected chi connectivity index (χ2v) is 7.22. The molecular formula is C20H9F6NOS. The topological polar surface area (TPSA) is 30.0 Å². The van der Waals surface area contributed by atoms with Gasteiger partial charge in [0.25, 0.3) is 5.78 Å². The highest BCUT2D eigenvalue weighted by Gasteiger charge is 2.42. The third-order valence-electron chi connectivity index (χ3n) is 4.37. The Morgan fingerprint density at radius 2 is 1.59 bits per heavy atom. The van der Waals surface area contributed by atoms with Gasteiger partial charge < -0.3 is 0 Å². The molecule has 2 nitrogen and oxygen atoms in total. The number of hydrogen-bond acceptors (Lipinski definition) is 3. The minimum Gasteiger partial charge on any atom is -0.284 e. The van der Waals surface area contributed by atoms with E-state index in [9.17, 15) is 31.1 Å². The van der Waals surface area contributed by atoms with Crippen molar-refractivity contribution in [3.63, 3.8) is 0 Å². The average molecular weight is 425 g/mol. The van der Waals surface area contributed by atoms with Gasteiger partial charge in [-0.05, 0) is 17.7 Å². The summed E-state index contributed by atoms with van der Waals surface area (Å²) in [5, 5.41) is -0.614. The van der Waals surface area contributed by atoms with E-state index in [1.165, 1.54) is 30.5 Å². The molecule has 0 saturated heterocycles. The molecule has 0 bridgehead atoms. The lowest BCUT2D eigenvalue weighted by Crippen LogP contribution is -2.23. The van der Waals surface area contributed by atoms with Crippen molar-refractivity contribution in [1.29, 1.82) is 0 Å². The number of thiophene rings is 1. The van der Waals surface area contributed by atoms with Crippen molar-refractivity contribution in [1.82, 2.24) is 4.98 Å². The highest BCUT2D eigenvalue weighted by atomic mass is 32.1. The van der Waals surface area contributed by atoms with Crippen LogP contribution >= 0.6 is 11.3 Å². The zero-order valence-corrected chi connectivity index (χ0v) is 15.0. The highest BCUT2D eigenvalue weighted by Crippen LogP contribution is 2.49. The lowest BCUT2D eigenvalue weighted by atomic mass is 9.98. The van der Waals surface area contributed by atoms with Gasteiger partial charge in [-0.25, -0.2) is 0 Å². The van der Waals surface area contributed by atoms with Crippen LogP contribution in [0.25, 0.3) is 31.4 Å². The third-order valence-corrected chi connectivity index (χ3v) is 5.63. The molecule has 0 saturated carbocycles. The molecule has 0 atom stereocenters. The standard InChI is InChI=1S/C20H9F6NOS/c21-19(22,23)14-13-9-12(18(28)20(24,25)26)11-7-4-8-27-15(11)17(13)29-16(14)10-5-2-1-3-6-10/h1-9H. The van der Waals surface area contributed by atoms with E-state index in [-0.39, 0.29) is 26.0 Å². The first-order chi connectivity index (χ1) is 13.6. The molecule has 0 radical (unpaired) electrons. The molecule has 2 aromatic heterocycles. The van der Waals surface area contributed by atoms with Gasteiger partial charge >= 0.3 is 12.4 Å². The summed E-state index contributed by atoms with van der Waals surface area (Å²) >= 11 is 0.786. The van der Waals surface area contributed by atoms with Crippen molar-refractivity contribution < 1.29 is 31.1 Å². The number of Topliss-reactive ketones (excluding diaryl/α,β-unsaturated/α-hetero) is 1. The molecule has 0 unspecified atom stereocenters. The minimum atomic E-state index is -5.23. The summed E-state index contributed by atoms with van der Waals surface area (Å²) in [5.41, 5.74) is -1.73. The van der Waals surface area contributed by atoms with Crippen LogP contribution in [0.3, 0.4) is 0 Å². The van der Waals surface area contributed by atoms with Gasteiger partial charge in [0.15, 0.2) is 0 Å². The normalized spacial score (nSPS) is 12.6. The minimum absolute atomic E-state index is 0.0738. The fourth-order valence-corrected chi connectivity index (χ4v) is 4.51. The van der Waals surface area contributed by atoms with Crippen LogP contribution in [0.1, 0.15) is 15.9 Å². The number of hydrogen-bond donors (Lipinski definition) is 0. The Labute approximate surface area is 163 Å². The van der Waals surface area contributed by atoms with Crippen molar-refractivity contribution in [2.75, 3.05) is 0 Å². The zero-order chi connectivity index (χ0) is 21.0. The average Bonchev–Trinajstić information content (AvgIpc) is 3.07. The SMILES string of the molecule is O=C(c1cc2c(C(F)(F)F)c(-c3ccccc3)sc2c2ncccc12)C(F)(F)F. The van der Waals surface area contributed by atoms with Crippen molar-refractivity contribution in [2.45, 2.75) is 12.4 Å². The molecule has 0 aliphatic carbocycles. The number of benzene rings is 2. The molecule has 148 valence electrons. The second kappa shape index (κ2) is 6.55. The maximum atomic E-state index is 13.9. The van der Waals surface area contributed by atoms with Gasteiger partial charge in [0.2, 0.25) is 0 Å². The van der Waals surface area contributed by atoms with Crippen LogP contribution in [-0.4, -0.2) is 16.9 Å². The Hall–Kier alpha value is -2.94. The number of fused-ring (bicyclic) bond motifs is 3. The number of ketones is 1. The van der Waals surface area contributed by atoms with E-state index in [1.54, 1.807) is 18.2 Å². The summed E-state index contributed by atoms with van der Waals surface area (Å²) in [6, 6.07) is 11.0. The Kier molecular flexibility index (Phi) is 4.38. The maximum Gasteiger partial charge on any atom is 0.454 e. The summed E-state index contributed by atoms with van der Waals surface area (Å²) in [4.78, 5) is 15.8. The molecule has 2 heterocycles. The quantitative estimate of drug-likeness (QED) is 0.259. The van der Waals surface area contributed by atoms with Gasteiger partial charge in [-0.3, -0.25) is 9.78 Å². The molecular weight excluding hydrogens is 416 g/mol. The fraction of sp³-hybridized carbons (Fsp3) is 0.100. The second-order valence-electron chi connectivity index (χ2n) is 6.20. The van der Waals surface area contributed by atoms with E-state index in [0.717, 1.165) is 11.3 Å². The summed E-state index contributed by atoms with van der Waals surface area (Å²) in [6.45, 7) is 0. The molecule has 29 heavy (non-hydrogen) atoms. The molecule has 0 aliphatic heterocycles. The molecule has 9 heteroatoms. The first-order valence-electron chi connectivity index (χ1n) is 8.17. The lowest BCUT2D eigenvalue weighted by molar-refractivity contribution is -0.135. The largest absolute Gasteiger partial charge is 0.454 e. The number of aromatic nitrogens is 1. The summed E-state index contributed by atoms with van der Waals surface area (Å²) in [6.07, 6.45) is -8.81. The molecule has 0 fully saturated rings. The van der Waals surface area contributed by atoms with E-state index in [2.05, 4.69) is 4.98 Å². The number of halogens is 6. The number of alkyl halides is 6. The number of carbonyl (C=O) groups is 1. The van der Waals surface area contributed by atoms with Crippen molar-refractivity contribution >= 4 is 38.1 Å². The Bertz CT molecular complexity index is 1240. The van der Waals surface area contributed by atoms with Gasteiger partial charge in [-0.1, -0.05) is 36.4 Å². The van der Waals surface area contributed by atoms with Gasteiger partial charge in [0, 0.05) is 27.4 Å². The maximum absolute atomic E-state index is 13.9. The van der Waals surface area contributed by atoms with Crippen molar-refractivity contribution in [2.24, 2.45) is 0 Å². The van der Waals surface area contributed by atoms with Crippen LogP contribution in [0.4, 0.5) is 26.3 Å². The van der Waals surface area contributed by atoms with Crippen LogP contribution in [-0.2, 0) is 6.18 Å². The fourth-order valence-electron chi connectivity index (χ4n) is 3.20. The molecule has 0 aliphatic rings. The molecule has 4 aromatic rings. The van der Waals surface area contributed by atoms with E-state index in [1.807, 2.05) is 0 Å². The number of carbonyl (C=O) groups excluding carboxylic acids is 1. The molecule has 0 spiro atoms. The highest BCUT2D eigenvalue weighted by molar-refractivity contribution is 7.23. The van der Waals surface area contributed by atoms with Gasteiger partial charge in [0.1, 0.15) is 0 Å². The van der Waals surface area contributed by atoms with Crippen LogP contribution in [0.5, 0.6) is 0 Å². The zero-order valence-electron chi connectivity index (χ0n) is 14.2. The van der Waals surface area contributed by atoms with Crippen molar-refractivity contribution in [3.05, 3.63) is 65.9 Å². The van der Waals surface area contributed by atoms with E-state index >= 15 is 0 Å². The molecule has 2 aromatic carbocycles. The predicted molar refractivity (Wildman–Crippen MR) is 97.9 cm³/mol. The van der Waals surface area contributed by atoms with Crippen molar-refractivity contribution in [3.8, 4) is 10.4 Å². The van der Waals surface area contributed by atoms with Gasteiger partial charge in [0.05, 0.1) is 15.8 Å². The third kappa shape index (κ3) is 3.25. The first kappa shape index (κ1) is 19.4. The lowest BCUT2D eigenvalue weighted by Gasteiger charge is -2.11. The van der Waals surface area contributed by atoms with E-state index in [0.29, 0.717) is 6.07 Å². The van der Waals surface area contributed by atoms with Crippen LogP contribution < -0.4 is 0 Å². The van der Waals surface area contributed by atoms with Gasteiger partial charge in [-0.15, -0.1) is 11.3 Å². The summed E-state index contributed by atoms with van der Waals surface area (Å²) in [5.74, 6) is -2.21. The Morgan fingerprint density at radius 1 is 0.897 bits per heavy atom. The smallest absolute Gasteiger partial charge is 0.284 e. The Balaban J connectivity index is 2.18. The Morgan fingerprint density at radius 3 is 2.21 bits per heavy atom. The summed E-state index contributed by atoms with van der Waals surface area (Å²) < 4.78 is 81.1. The first-order valence-corrected chi connectivity index (χ1v) is 8.99. The predicted octanol–water partition coefficient (Wildman–Crippen LogP) is 6.88. The van der Waals surface area contributed by atoms with E-state index < -0.39 is 34.6 Å². The van der Waals surface area contributed by atoms with Crippen LogP contribution in [0.15, 0.2) is 54.7 Å². The molecule has 4 rings (SSSR count). The number of pyridine rings is 1.